The van der Waals surface area contributed by atoms with E-state index in [1.165, 1.54) is 16.3 Å². The van der Waals surface area contributed by atoms with Crippen LogP contribution in [0.25, 0.3) is 10.2 Å². The summed E-state index contributed by atoms with van der Waals surface area (Å²) < 4.78 is 7.15. The first-order valence-corrected chi connectivity index (χ1v) is 12.0. The molecule has 33 heavy (non-hydrogen) atoms. The molecule has 7 heteroatoms. The largest absolute Gasteiger partial charge is 0.497 e. The third-order valence-electron chi connectivity index (χ3n) is 5.15. The van der Waals surface area contributed by atoms with Gasteiger partial charge in [0, 0.05) is 10.0 Å². The van der Waals surface area contributed by atoms with E-state index >= 15 is 0 Å². The number of methoxy groups -OCH3 is 1. The highest BCUT2D eigenvalue weighted by molar-refractivity contribution is 9.10. The van der Waals surface area contributed by atoms with Crippen LogP contribution in [0.15, 0.2) is 76.3 Å². The van der Waals surface area contributed by atoms with E-state index < -0.39 is 0 Å². The first-order valence-electron chi connectivity index (χ1n) is 10.4. The highest BCUT2D eigenvalue weighted by atomic mass is 79.9. The Morgan fingerprint density at radius 2 is 1.76 bits per heavy atom. The Labute approximate surface area is 205 Å². The van der Waals surface area contributed by atoms with Crippen LogP contribution in [0.2, 0.25) is 0 Å². The normalized spacial score (nSPS) is 11.8. The van der Waals surface area contributed by atoms with Gasteiger partial charge in [0.15, 0.2) is 0 Å². The predicted octanol–water partition coefficient (Wildman–Crippen LogP) is 7.05. The van der Waals surface area contributed by atoms with Crippen molar-refractivity contribution in [1.29, 1.82) is 0 Å². The van der Waals surface area contributed by atoms with Crippen molar-refractivity contribution in [2.24, 2.45) is 5.10 Å². The van der Waals surface area contributed by atoms with E-state index in [-0.39, 0.29) is 11.3 Å². The number of hydrazone groups is 1. The van der Waals surface area contributed by atoms with Gasteiger partial charge in [-0.15, -0.1) is 0 Å². The molecule has 0 saturated heterocycles. The van der Waals surface area contributed by atoms with E-state index in [9.17, 15) is 4.79 Å². The van der Waals surface area contributed by atoms with Crippen molar-refractivity contribution in [3.05, 3.63) is 87.9 Å². The number of nitrogens with zero attached hydrogens (tertiary/aromatic N) is 3. The number of carbonyl (C=O) groups is 1. The number of aromatic nitrogens is 1. The molecule has 168 valence electrons. The van der Waals surface area contributed by atoms with E-state index in [0.717, 1.165) is 31.6 Å². The maximum Gasteiger partial charge on any atom is 0.280 e. The molecule has 0 N–H and O–H groups in total. The Balaban J connectivity index is 1.72. The molecule has 0 aliphatic rings. The Bertz CT molecular complexity index is 1310. The molecule has 0 unspecified atom stereocenters. The lowest BCUT2D eigenvalue weighted by Gasteiger charge is -2.19. The Morgan fingerprint density at radius 3 is 2.39 bits per heavy atom. The Kier molecular flexibility index (Phi) is 6.63. The van der Waals surface area contributed by atoms with Crippen LogP contribution in [0.4, 0.5) is 5.13 Å². The minimum atomic E-state index is -0.238. The monoisotopic (exact) mass is 521 g/mol. The van der Waals surface area contributed by atoms with Crippen molar-refractivity contribution in [1.82, 2.24) is 4.98 Å². The summed E-state index contributed by atoms with van der Waals surface area (Å²) in [5.74, 6) is 0.522. The topological polar surface area (TPSA) is 54.8 Å². The number of hydrogen-bond acceptors (Lipinski definition) is 5. The number of amides is 1. The third kappa shape index (κ3) is 5.31. The second-order valence-electron chi connectivity index (χ2n) is 8.57. The van der Waals surface area contributed by atoms with Gasteiger partial charge in [0.05, 0.1) is 23.5 Å². The number of hydrogen-bond donors (Lipinski definition) is 0. The van der Waals surface area contributed by atoms with Crippen molar-refractivity contribution in [3.8, 4) is 5.75 Å². The molecule has 3 aromatic carbocycles. The average molecular weight is 522 g/mol. The van der Waals surface area contributed by atoms with Gasteiger partial charge in [-0.1, -0.05) is 60.2 Å². The van der Waals surface area contributed by atoms with Crippen LogP contribution in [0, 0.1) is 0 Å². The fraction of sp³-hybridized carbons (Fsp3) is 0.192. The minimum absolute atomic E-state index is 0.00814. The number of rotatable bonds is 5. The summed E-state index contributed by atoms with van der Waals surface area (Å²) in [6, 6.07) is 21.0. The van der Waals surface area contributed by atoms with Crippen molar-refractivity contribution >= 4 is 54.7 Å². The van der Waals surface area contributed by atoms with Gasteiger partial charge in [0.2, 0.25) is 5.13 Å². The molecule has 5 nitrogen and oxygen atoms in total. The summed E-state index contributed by atoms with van der Waals surface area (Å²) >= 11 is 4.92. The number of halogens is 1. The first-order chi connectivity index (χ1) is 15.7. The van der Waals surface area contributed by atoms with Gasteiger partial charge < -0.3 is 4.74 Å². The highest BCUT2D eigenvalue weighted by Crippen LogP contribution is 2.32. The molecule has 4 rings (SSSR count). The fourth-order valence-electron chi connectivity index (χ4n) is 3.22. The first kappa shape index (κ1) is 23.1. The lowest BCUT2D eigenvalue weighted by Crippen LogP contribution is -2.25. The van der Waals surface area contributed by atoms with E-state index in [0.29, 0.717) is 10.7 Å². The zero-order valence-electron chi connectivity index (χ0n) is 18.9. The molecule has 0 aliphatic heterocycles. The molecule has 1 aromatic heterocycles. The number of fused-ring (bicyclic) bond motifs is 1. The van der Waals surface area contributed by atoms with Crippen LogP contribution in [0.1, 0.15) is 42.3 Å². The molecular formula is C26H24BrN3O2S. The molecule has 0 atom stereocenters. The van der Waals surface area contributed by atoms with Crippen molar-refractivity contribution < 1.29 is 9.53 Å². The Hall–Kier alpha value is -3.03. The molecule has 1 heterocycles. The summed E-state index contributed by atoms with van der Waals surface area (Å²) in [5, 5.41) is 6.42. The number of carbonyl (C=O) groups excluding carboxylic acids is 1. The van der Waals surface area contributed by atoms with E-state index in [1.54, 1.807) is 13.3 Å². The number of ether oxygens (including phenoxy) is 1. The lowest BCUT2D eigenvalue weighted by atomic mass is 9.87. The Morgan fingerprint density at radius 1 is 1.06 bits per heavy atom. The van der Waals surface area contributed by atoms with E-state index in [4.69, 9.17) is 4.74 Å². The van der Waals surface area contributed by atoms with Crippen LogP contribution in [0.3, 0.4) is 0 Å². The van der Waals surface area contributed by atoms with Crippen LogP contribution in [-0.2, 0) is 5.41 Å². The average Bonchev–Trinajstić information content (AvgIpc) is 3.21. The van der Waals surface area contributed by atoms with Crippen LogP contribution in [-0.4, -0.2) is 24.2 Å². The predicted molar refractivity (Wildman–Crippen MR) is 140 cm³/mol. The molecule has 0 spiro atoms. The zero-order valence-corrected chi connectivity index (χ0v) is 21.3. The van der Waals surface area contributed by atoms with Gasteiger partial charge in [-0.3, -0.25) is 4.79 Å². The standard InChI is InChI=1S/C26H24BrN3O2S/c1-26(2,3)19-9-7-18(8-10-19)24(31)30(28-16-17-5-12-21(32-4)13-6-17)25-29-22-14-11-20(27)15-23(22)33-25/h5-16H,1-4H3/b28-16+. The molecule has 0 aliphatic carbocycles. The molecule has 1 amide bonds. The minimum Gasteiger partial charge on any atom is -0.497 e. The fourth-order valence-corrected chi connectivity index (χ4v) is 4.69. The van der Waals surface area contributed by atoms with Crippen molar-refractivity contribution in [2.45, 2.75) is 26.2 Å². The summed E-state index contributed by atoms with van der Waals surface area (Å²) in [7, 11) is 1.62. The zero-order chi connectivity index (χ0) is 23.6. The highest BCUT2D eigenvalue weighted by Gasteiger charge is 2.22. The number of benzene rings is 3. The van der Waals surface area contributed by atoms with Gasteiger partial charge in [-0.05, 0) is 71.1 Å². The molecule has 0 saturated carbocycles. The van der Waals surface area contributed by atoms with Gasteiger partial charge in [-0.25, -0.2) is 4.98 Å². The maximum absolute atomic E-state index is 13.5. The molecule has 0 radical (unpaired) electrons. The molecule has 0 bridgehead atoms. The SMILES string of the molecule is COc1ccc(/C=N/N(C(=O)c2ccc(C(C)(C)C)cc2)c2nc3ccc(Br)cc3s2)cc1. The van der Waals surface area contributed by atoms with Gasteiger partial charge in [-0.2, -0.15) is 10.1 Å². The van der Waals surface area contributed by atoms with Crippen LogP contribution >= 0.6 is 27.3 Å². The van der Waals surface area contributed by atoms with Gasteiger partial charge in [0.1, 0.15) is 5.75 Å². The van der Waals surface area contributed by atoms with Gasteiger partial charge >= 0.3 is 0 Å². The summed E-state index contributed by atoms with van der Waals surface area (Å²) in [5.41, 5.74) is 3.39. The maximum atomic E-state index is 13.5. The summed E-state index contributed by atoms with van der Waals surface area (Å²) in [6.07, 6.45) is 1.66. The smallest absolute Gasteiger partial charge is 0.280 e. The quantitative estimate of drug-likeness (QED) is 0.209. The van der Waals surface area contributed by atoms with Crippen LogP contribution in [0.5, 0.6) is 5.75 Å². The van der Waals surface area contributed by atoms with E-state index in [1.807, 2.05) is 66.7 Å². The number of anilines is 1. The molecule has 4 aromatic rings. The van der Waals surface area contributed by atoms with Gasteiger partial charge in [0.25, 0.3) is 5.91 Å². The second-order valence-corrected chi connectivity index (χ2v) is 10.5. The molecular weight excluding hydrogens is 498 g/mol. The lowest BCUT2D eigenvalue weighted by molar-refractivity contribution is 0.0988. The third-order valence-corrected chi connectivity index (χ3v) is 6.64. The summed E-state index contributed by atoms with van der Waals surface area (Å²) in [6.45, 7) is 6.44. The summed E-state index contributed by atoms with van der Waals surface area (Å²) in [4.78, 5) is 18.2. The second kappa shape index (κ2) is 9.45. The van der Waals surface area contributed by atoms with Crippen LogP contribution < -0.4 is 9.75 Å². The van der Waals surface area contributed by atoms with Crippen molar-refractivity contribution in [3.63, 3.8) is 0 Å². The van der Waals surface area contributed by atoms with E-state index in [2.05, 4.69) is 46.8 Å². The molecule has 0 fully saturated rings. The van der Waals surface area contributed by atoms with Crippen molar-refractivity contribution in [2.75, 3.05) is 12.1 Å². The number of thiazole rings is 1.